The molecule has 0 radical (unpaired) electrons. The fourth-order valence-electron chi connectivity index (χ4n) is 2.60. The van der Waals surface area contributed by atoms with Gasteiger partial charge in [0.25, 0.3) is 5.91 Å². The molecule has 0 saturated carbocycles. The van der Waals surface area contributed by atoms with E-state index in [4.69, 9.17) is 0 Å². The Morgan fingerprint density at radius 2 is 1.79 bits per heavy atom. The van der Waals surface area contributed by atoms with Gasteiger partial charge >= 0.3 is 0 Å². The topological polar surface area (TPSA) is 40.5 Å². The predicted octanol–water partition coefficient (Wildman–Crippen LogP) is 2.25. The van der Waals surface area contributed by atoms with Crippen molar-refractivity contribution in [3.8, 4) is 0 Å². The molecule has 3 rings (SSSR count). The lowest BCUT2D eigenvalue weighted by molar-refractivity contribution is 0.0968. The van der Waals surface area contributed by atoms with Crippen LogP contribution in [0.1, 0.15) is 15.9 Å². The lowest BCUT2D eigenvalue weighted by atomic mass is 10.1. The molecule has 96 valence electrons. The zero-order valence-electron chi connectivity index (χ0n) is 10.5. The number of nitrogens with zero attached hydrogens (tertiary/aromatic N) is 1. The smallest absolute Gasteiger partial charge is 0.258 e. The third kappa shape index (κ3) is 2.02. The minimum absolute atomic E-state index is 0.0206. The van der Waals surface area contributed by atoms with Crippen LogP contribution in [0, 0.1) is 0 Å². The molecule has 1 N–H and O–H groups in total. The third-order valence-corrected chi connectivity index (χ3v) is 3.52. The first-order chi connectivity index (χ1) is 9.31. The third-order valence-electron chi connectivity index (χ3n) is 3.52. The van der Waals surface area contributed by atoms with E-state index >= 15 is 0 Å². The van der Waals surface area contributed by atoms with E-state index in [9.17, 15) is 9.90 Å². The molecule has 1 aliphatic heterocycles. The lowest BCUT2D eigenvalue weighted by Crippen LogP contribution is -2.39. The molecule has 0 fully saturated rings. The first-order valence-electron chi connectivity index (χ1n) is 6.38. The highest BCUT2D eigenvalue weighted by molar-refractivity contribution is 6.07. The van der Waals surface area contributed by atoms with Crippen molar-refractivity contribution >= 4 is 11.6 Å². The van der Waals surface area contributed by atoms with Gasteiger partial charge in [0.1, 0.15) is 0 Å². The molecule has 1 amide bonds. The van der Waals surface area contributed by atoms with Crippen LogP contribution in [0.3, 0.4) is 0 Å². The number of hydrogen-bond donors (Lipinski definition) is 1. The highest BCUT2D eigenvalue weighted by Crippen LogP contribution is 2.32. The number of fused-ring (bicyclic) bond motifs is 1. The van der Waals surface area contributed by atoms with Crippen molar-refractivity contribution in [2.75, 3.05) is 11.5 Å². The Hall–Kier alpha value is -2.13. The Kier molecular flexibility index (Phi) is 3.05. The summed E-state index contributed by atoms with van der Waals surface area (Å²) in [4.78, 5) is 14.3. The number of aliphatic hydroxyl groups excluding tert-OH is 1. The Bertz CT molecular complexity index is 595. The fraction of sp³-hybridized carbons (Fsp3) is 0.188. The number of carbonyl (C=O) groups is 1. The minimum atomic E-state index is -0.162. The zero-order chi connectivity index (χ0) is 13.2. The standard InChI is InChI=1S/C16H15NO2/c18-11-14-10-13-8-4-5-9-15(13)17(14)16(19)12-6-2-1-3-7-12/h1-9,14,18H,10-11H2. The molecule has 0 aromatic heterocycles. The van der Waals surface area contributed by atoms with Crippen LogP contribution in [0.25, 0.3) is 0 Å². The Labute approximate surface area is 112 Å². The van der Waals surface area contributed by atoms with Gasteiger partial charge in [0.15, 0.2) is 0 Å². The molecule has 0 bridgehead atoms. The molecule has 3 heteroatoms. The molecule has 3 nitrogen and oxygen atoms in total. The van der Waals surface area contributed by atoms with Crippen LogP contribution in [-0.2, 0) is 6.42 Å². The van der Waals surface area contributed by atoms with Gasteiger partial charge in [0.2, 0.25) is 0 Å². The maximum absolute atomic E-state index is 12.6. The largest absolute Gasteiger partial charge is 0.394 e. The lowest BCUT2D eigenvalue weighted by Gasteiger charge is -2.24. The molecule has 1 atom stereocenters. The Morgan fingerprint density at radius 3 is 2.53 bits per heavy atom. The van der Waals surface area contributed by atoms with Crippen LogP contribution < -0.4 is 4.90 Å². The van der Waals surface area contributed by atoms with Crippen molar-refractivity contribution in [1.82, 2.24) is 0 Å². The number of amides is 1. The van der Waals surface area contributed by atoms with E-state index in [0.717, 1.165) is 11.3 Å². The summed E-state index contributed by atoms with van der Waals surface area (Å²) in [5.41, 5.74) is 2.68. The van der Waals surface area contributed by atoms with Gasteiger partial charge in [0, 0.05) is 11.3 Å². The molecule has 2 aromatic carbocycles. The number of carbonyl (C=O) groups excluding carboxylic acids is 1. The van der Waals surface area contributed by atoms with Gasteiger partial charge in [-0.3, -0.25) is 4.79 Å². The Morgan fingerprint density at radius 1 is 1.11 bits per heavy atom. The van der Waals surface area contributed by atoms with Gasteiger partial charge in [0.05, 0.1) is 12.6 Å². The highest BCUT2D eigenvalue weighted by atomic mass is 16.3. The zero-order valence-corrected chi connectivity index (χ0v) is 10.5. The highest BCUT2D eigenvalue weighted by Gasteiger charge is 2.33. The van der Waals surface area contributed by atoms with E-state index < -0.39 is 0 Å². The van der Waals surface area contributed by atoms with Crippen LogP contribution in [0.5, 0.6) is 0 Å². The van der Waals surface area contributed by atoms with Crippen LogP contribution in [0.4, 0.5) is 5.69 Å². The van der Waals surface area contributed by atoms with Gasteiger partial charge in [-0.05, 0) is 30.2 Å². The van der Waals surface area contributed by atoms with Gasteiger partial charge in [-0.1, -0.05) is 36.4 Å². The summed E-state index contributed by atoms with van der Waals surface area (Å²) in [7, 11) is 0. The molecule has 1 unspecified atom stereocenters. The van der Waals surface area contributed by atoms with E-state index in [1.165, 1.54) is 0 Å². The minimum Gasteiger partial charge on any atom is -0.394 e. The normalized spacial score (nSPS) is 17.3. The summed E-state index contributed by atoms with van der Waals surface area (Å²) >= 11 is 0. The maximum atomic E-state index is 12.6. The number of aliphatic hydroxyl groups is 1. The number of anilines is 1. The number of rotatable bonds is 2. The van der Waals surface area contributed by atoms with Gasteiger partial charge < -0.3 is 10.0 Å². The Balaban J connectivity index is 2.01. The average Bonchev–Trinajstić information content (AvgIpc) is 2.86. The summed E-state index contributed by atoms with van der Waals surface area (Å²) < 4.78 is 0. The molecule has 0 aliphatic carbocycles. The molecular weight excluding hydrogens is 238 g/mol. The van der Waals surface area contributed by atoms with Crippen molar-refractivity contribution < 1.29 is 9.90 Å². The monoisotopic (exact) mass is 253 g/mol. The summed E-state index contributed by atoms with van der Waals surface area (Å²) in [5.74, 6) is -0.0513. The van der Waals surface area contributed by atoms with E-state index in [0.29, 0.717) is 12.0 Å². The molecular formula is C16H15NO2. The number of benzene rings is 2. The summed E-state index contributed by atoms with van der Waals surface area (Å²) in [6.45, 7) is -0.0206. The first-order valence-corrected chi connectivity index (χ1v) is 6.38. The van der Waals surface area contributed by atoms with Crippen LogP contribution >= 0.6 is 0 Å². The van der Waals surface area contributed by atoms with Crippen molar-refractivity contribution in [2.24, 2.45) is 0 Å². The van der Waals surface area contributed by atoms with Crippen molar-refractivity contribution in [2.45, 2.75) is 12.5 Å². The quantitative estimate of drug-likeness (QED) is 0.891. The molecule has 2 aromatic rings. The SMILES string of the molecule is O=C(c1ccccc1)N1c2ccccc2CC1CO. The van der Waals surface area contributed by atoms with Crippen molar-refractivity contribution in [1.29, 1.82) is 0 Å². The van der Waals surface area contributed by atoms with Crippen LogP contribution in [0.2, 0.25) is 0 Å². The van der Waals surface area contributed by atoms with Gasteiger partial charge in [-0.25, -0.2) is 0 Å². The van der Waals surface area contributed by atoms with Crippen molar-refractivity contribution in [3.05, 3.63) is 65.7 Å². The maximum Gasteiger partial charge on any atom is 0.258 e. The van der Waals surface area contributed by atoms with Gasteiger partial charge in [-0.15, -0.1) is 0 Å². The van der Waals surface area contributed by atoms with Crippen LogP contribution in [0.15, 0.2) is 54.6 Å². The fourth-order valence-corrected chi connectivity index (χ4v) is 2.60. The number of hydrogen-bond acceptors (Lipinski definition) is 2. The second-order valence-corrected chi connectivity index (χ2v) is 4.71. The molecule has 1 aliphatic rings. The van der Waals surface area contributed by atoms with E-state index in [2.05, 4.69) is 0 Å². The van der Waals surface area contributed by atoms with Crippen molar-refractivity contribution in [3.63, 3.8) is 0 Å². The average molecular weight is 253 g/mol. The van der Waals surface area contributed by atoms with E-state index in [1.54, 1.807) is 17.0 Å². The van der Waals surface area contributed by atoms with Gasteiger partial charge in [-0.2, -0.15) is 0 Å². The second-order valence-electron chi connectivity index (χ2n) is 4.71. The summed E-state index contributed by atoms with van der Waals surface area (Å²) in [6.07, 6.45) is 0.714. The van der Waals surface area contributed by atoms with Crippen LogP contribution in [-0.4, -0.2) is 23.7 Å². The molecule has 0 saturated heterocycles. The molecule has 0 spiro atoms. The summed E-state index contributed by atoms with van der Waals surface area (Å²) in [6, 6.07) is 16.9. The summed E-state index contributed by atoms with van der Waals surface area (Å²) in [5, 5.41) is 9.51. The molecule has 19 heavy (non-hydrogen) atoms. The predicted molar refractivity (Wildman–Crippen MR) is 74.3 cm³/mol. The second kappa shape index (κ2) is 4.86. The first kappa shape index (κ1) is 11.9. The molecule has 1 heterocycles. The van der Waals surface area contributed by atoms with E-state index in [-0.39, 0.29) is 18.6 Å². The van der Waals surface area contributed by atoms with E-state index in [1.807, 2.05) is 42.5 Å². The number of para-hydroxylation sites is 1.